The van der Waals surface area contributed by atoms with Gasteiger partial charge in [-0.1, -0.05) is 6.07 Å². The summed E-state index contributed by atoms with van der Waals surface area (Å²) in [5.74, 6) is 0.423. The van der Waals surface area contributed by atoms with Crippen LogP contribution in [0.25, 0.3) is 0 Å². The molecule has 100 valence electrons. The Morgan fingerprint density at radius 2 is 2.11 bits per heavy atom. The number of thiophene rings is 1. The predicted molar refractivity (Wildman–Crippen MR) is 72.6 cm³/mol. The fourth-order valence-corrected chi connectivity index (χ4v) is 2.46. The molecule has 19 heavy (non-hydrogen) atoms. The lowest BCUT2D eigenvalue weighted by Crippen LogP contribution is -2.30. The van der Waals surface area contributed by atoms with Crippen molar-refractivity contribution in [2.24, 2.45) is 0 Å². The number of ketones is 1. The molecule has 4 nitrogen and oxygen atoms in total. The van der Waals surface area contributed by atoms with Crippen molar-refractivity contribution in [3.63, 3.8) is 0 Å². The van der Waals surface area contributed by atoms with Crippen LogP contribution in [0.3, 0.4) is 0 Å². The molecule has 0 saturated heterocycles. The number of hydrogen-bond acceptors (Lipinski definition) is 4. The van der Waals surface area contributed by atoms with Crippen LogP contribution in [0.5, 0.6) is 0 Å². The number of nitrogens with zero attached hydrogens (tertiary/aromatic N) is 1. The van der Waals surface area contributed by atoms with Gasteiger partial charge in [0.05, 0.1) is 25.8 Å². The Hall–Kier alpha value is -1.88. The quantitative estimate of drug-likeness (QED) is 0.763. The van der Waals surface area contributed by atoms with E-state index in [-0.39, 0.29) is 18.1 Å². The maximum absolute atomic E-state index is 12.1. The van der Waals surface area contributed by atoms with E-state index >= 15 is 0 Å². The molecule has 2 heterocycles. The van der Waals surface area contributed by atoms with Crippen molar-refractivity contribution in [1.29, 1.82) is 0 Å². The summed E-state index contributed by atoms with van der Waals surface area (Å²) in [5.41, 5.74) is 0. The molecule has 5 heteroatoms. The third kappa shape index (κ3) is 4.06. The highest BCUT2D eigenvalue weighted by molar-refractivity contribution is 7.09. The van der Waals surface area contributed by atoms with Crippen molar-refractivity contribution in [1.82, 2.24) is 4.90 Å². The lowest BCUT2D eigenvalue weighted by molar-refractivity contribution is -0.136. The molecule has 0 fully saturated rings. The van der Waals surface area contributed by atoms with Crippen molar-refractivity contribution in [3.8, 4) is 0 Å². The summed E-state index contributed by atoms with van der Waals surface area (Å²) in [7, 11) is 0. The van der Waals surface area contributed by atoms with Crippen LogP contribution in [-0.4, -0.2) is 16.6 Å². The number of furan rings is 1. The summed E-state index contributed by atoms with van der Waals surface area (Å²) in [6.07, 6.45) is 1.51. The van der Waals surface area contributed by atoms with Crippen LogP contribution in [0, 0.1) is 0 Å². The molecule has 0 aliphatic carbocycles. The Balaban J connectivity index is 2.08. The van der Waals surface area contributed by atoms with Gasteiger partial charge in [0.2, 0.25) is 5.91 Å². The van der Waals surface area contributed by atoms with Crippen molar-refractivity contribution in [2.75, 3.05) is 0 Å². The van der Waals surface area contributed by atoms with Gasteiger partial charge in [-0.15, -0.1) is 11.3 Å². The average molecular weight is 277 g/mol. The lowest BCUT2D eigenvalue weighted by Gasteiger charge is -2.20. The number of hydrogen-bond donors (Lipinski definition) is 0. The molecule has 0 aromatic carbocycles. The summed E-state index contributed by atoms with van der Waals surface area (Å²) in [4.78, 5) is 25.9. The van der Waals surface area contributed by atoms with E-state index in [1.165, 1.54) is 6.92 Å². The van der Waals surface area contributed by atoms with E-state index in [1.807, 2.05) is 23.6 Å². The maximum atomic E-state index is 12.1. The first-order valence-electron chi connectivity index (χ1n) is 5.97. The molecule has 0 aliphatic rings. The van der Waals surface area contributed by atoms with Gasteiger partial charge in [0, 0.05) is 4.88 Å². The number of rotatable bonds is 6. The second kappa shape index (κ2) is 6.33. The Kier molecular flexibility index (Phi) is 4.52. The molecular formula is C14H15NO3S. The van der Waals surface area contributed by atoms with Crippen LogP contribution in [-0.2, 0) is 22.7 Å². The zero-order chi connectivity index (χ0) is 13.7. The van der Waals surface area contributed by atoms with Crippen LogP contribution in [0.2, 0.25) is 0 Å². The fraction of sp³-hybridized carbons (Fsp3) is 0.286. The van der Waals surface area contributed by atoms with E-state index in [2.05, 4.69) is 0 Å². The molecule has 0 saturated carbocycles. The van der Waals surface area contributed by atoms with E-state index in [0.29, 0.717) is 18.8 Å². The first-order valence-corrected chi connectivity index (χ1v) is 6.85. The molecular weight excluding hydrogens is 262 g/mol. The van der Waals surface area contributed by atoms with Gasteiger partial charge in [-0.25, -0.2) is 0 Å². The summed E-state index contributed by atoms with van der Waals surface area (Å²) in [5, 5.41) is 1.97. The van der Waals surface area contributed by atoms with Gasteiger partial charge < -0.3 is 9.32 Å². The average Bonchev–Trinajstić information content (AvgIpc) is 2.99. The monoisotopic (exact) mass is 277 g/mol. The van der Waals surface area contributed by atoms with Gasteiger partial charge in [-0.05, 0) is 30.5 Å². The molecule has 0 spiro atoms. The Morgan fingerprint density at radius 1 is 1.26 bits per heavy atom. The normalized spacial score (nSPS) is 10.4. The van der Waals surface area contributed by atoms with Crippen LogP contribution < -0.4 is 0 Å². The Labute approximate surface area is 115 Å². The predicted octanol–water partition coefficient (Wildman–Crippen LogP) is 2.85. The van der Waals surface area contributed by atoms with Gasteiger partial charge in [-0.3, -0.25) is 9.59 Å². The standard InChI is InChI=1S/C14H15NO3S/c1-11(16)8-14(17)15(9-12-4-2-6-18-12)10-13-5-3-7-19-13/h2-7H,8-10H2,1H3. The minimum Gasteiger partial charge on any atom is -0.467 e. The molecule has 2 aromatic heterocycles. The largest absolute Gasteiger partial charge is 0.467 e. The van der Waals surface area contributed by atoms with Crippen LogP contribution >= 0.6 is 11.3 Å². The summed E-state index contributed by atoms with van der Waals surface area (Å²) >= 11 is 1.59. The van der Waals surface area contributed by atoms with Crippen molar-refractivity contribution >= 4 is 23.0 Å². The zero-order valence-corrected chi connectivity index (χ0v) is 11.5. The first-order chi connectivity index (χ1) is 9.15. The summed E-state index contributed by atoms with van der Waals surface area (Å²) in [6, 6.07) is 7.53. The van der Waals surface area contributed by atoms with Gasteiger partial charge >= 0.3 is 0 Å². The molecule has 0 atom stereocenters. The highest BCUT2D eigenvalue weighted by atomic mass is 32.1. The second-order valence-electron chi connectivity index (χ2n) is 4.29. The SMILES string of the molecule is CC(=O)CC(=O)N(Cc1ccco1)Cc1cccs1. The first kappa shape index (κ1) is 13.5. The number of carbonyl (C=O) groups is 2. The van der Waals surface area contributed by atoms with Crippen molar-refractivity contribution in [2.45, 2.75) is 26.4 Å². The fourth-order valence-electron chi connectivity index (χ4n) is 1.74. The van der Waals surface area contributed by atoms with Gasteiger partial charge in [0.15, 0.2) is 0 Å². The molecule has 0 aliphatic heterocycles. The van der Waals surface area contributed by atoms with E-state index in [4.69, 9.17) is 4.42 Å². The molecule has 0 unspecified atom stereocenters. The number of Topliss-reactive ketones (excluding diaryl/α,β-unsaturated/α-hetero) is 1. The minimum atomic E-state index is -0.169. The van der Waals surface area contributed by atoms with Gasteiger partial charge in [0.1, 0.15) is 11.5 Å². The molecule has 0 bridgehead atoms. The highest BCUT2D eigenvalue weighted by Crippen LogP contribution is 2.15. The Morgan fingerprint density at radius 3 is 2.68 bits per heavy atom. The van der Waals surface area contributed by atoms with Gasteiger partial charge in [-0.2, -0.15) is 0 Å². The molecule has 0 N–H and O–H groups in total. The van der Waals surface area contributed by atoms with Gasteiger partial charge in [0.25, 0.3) is 0 Å². The lowest BCUT2D eigenvalue weighted by atomic mass is 10.2. The van der Waals surface area contributed by atoms with E-state index < -0.39 is 0 Å². The van der Waals surface area contributed by atoms with Crippen LogP contribution in [0.1, 0.15) is 24.0 Å². The Bertz CT molecular complexity index is 495. The van der Waals surface area contributed by atoms with E-state index in [0.717, 1.165) is 4.88 Å². The minimum absolute atomic E-state index is 0.0634. The van der Waals surface area contributed by atoms with E-state index in [1.54, 1.807) is 28.6 Å². The number of carbonyl (C=O) groups excluding carboxylic acids is 2. The zero-order valence-electron chi connectivity index (χ0n) is 10.7. The smallest absolute Gasteiger partial charge is 0.230 e. The van der Waals surface area contributed by atoms with Crippen LogP contribution in [0.15, 0.2) is 40.3 Å². The van der Waals surface area contributed by atoms with Crippen LogP contribution in [0.4, 0.5) is 0 Å². The summed E-state index contributed by atoms with van der Waals surface area (Å²) in [6.45, 7) is 2.32. The highest BCUT2D eigenvalue weighted by Gasteiger charge is 2.17. The van der Waals surface area contributed by atoms with Crippen molar-refractivity contribution in [3.05, 3.63) is 46.5 Å². The third-order valence-corrected chi connectivity index (χ3v) is 3.47. The number of amides is 1. The molecule has 2 rings (SSSR count). The topological polar surface area (TPSA) is 50.5 Å². The molecule has 2 aromatic rings. The summed E-state index contributed by atoms with van der Waals surface area (Å²) < 4.78 is 5.26. The third-order valence-electron chi connectivity index (χ3n) is 2.61. The van der Waals surface area contributed by atoms with E-state index in [9.17, 15) is 9.59 Å². The maximum Gasteiger partial charge on any atom is 0.230 e. The van der Waals surface area contributed by atoms with Crippen molar-refractivity contribution < 1.29 is 14.0 Å². The molecule has 0 radical (unpaired) electrons. The second-order valence-corrected chi connectivity index (χ2v) is 5.32. The molecule has 1 amide bonds.